The summed E-state index contributed by atoms with van der Waals surface area (Å²) in [6.45, 7) is 13.1. The van der Waals surface area contributed by atoms with Crippen molar-refractivity contribution in [3.8, 4) is 6.07 Å². The topological polar surface area (TPSA) is 64.3 Å². The number of anilines is 2. The first-order valence-electron chi connectivity index (χ1n) is 14.9. The van der Waals surface area contributed by atoms with E-state index in [1.54, 1.807) is 6.92 Å². The molecule has 0 aliphatic carbocycles. The van der Waals surface area contributed by atoms with Crippen LogP contribution in [0.25, 0.3) is 5.57 Å². The Labute approximate surface area is 241 Å². The van der Waals surface area contributed by atoms with Gasteiger partial charge in [-0.15, -0.1) is 0 Å². The fourth-order valence-corrected chi connectivity index (χ4v) is 5.59. The number of aliphatic carboxylic acids is 1. The number of benzene rings is 2. The molecule has 1 heterocycles. The molecule has 2 aromatic rings. The van der Waals surface area contributed by atoms with E-state index >= 15 is 0 Å². The summed E-state index contributed by atoms with van der Waals surface area (Å²) in [4.78, 5) is 13.9. The summed E-state index contributed by atoms with van der Waals surface area (Å²) in [5.74, 6) is -1.18. The highest BCUT2D eigenvalue weighted by molar-refractivity contribution is 5.93. The maximum Gasteiger partial charge on any atom is 0.346 e. The maximum absolute atomic E-state index is 11.5. The molecule has 4 nitrogen and oxygen atoms in total. The van der Waals surface area contributed by atoms with Gasteiger partial charge in [0, 0.05) is 17.9 Å². The summed E-state index contributed by atoms with van der Waals surface area (Å²) >= 11 is 0. The van der Waals surface area contributed by atoms with Crippen molar-refractivity contribution >= 4 is 22.9 Å². The molecule has 0 radical (unpaired) electrons. The molecule has 212 valence electrons. The van der Waals surface area contributed by atoms with E-state index in [4.69, 9.17) is 0 Å². The number of carboxylic acids is 1. The summed E-state index contributed by atoms with van der Waals surface area (Å²) in [6.07, 6.45) is 11.3. The molecular formula is C36H46N2O2. The lowest BCUT2D eigenvalue weighted by atomic mass is 9.90. The van der Waals surface area contributed by atoms with Gasteiger partial charge in [0.25, 0.3) is 0 Å². The Balaban J connectivity index is 1.80. The zero-order chi connectivity index (χ0) is 29.2. The second-order valence-corrected chi connectivity index (χ2v) is 11.2. The molecule has 0 fully saturated rings. The van der Waals surface area contributed by atoms with E-state index in [-0.39, 0.29) is 5.57 Å². The van der Waals surface area contributed by atoms with Crippen molar-refractivity contribution < 1.29 is 9.90 Å². The first-order chi connectivity index (χ1) is 19.2. The van der Waals surface area contributed by atoms with Crippen LogP contribution in [0.5, 0.6) is 0 Å². The first kappa shape index (κ1) is 31.0. The molecule has 40 heavy (non-hydrogen) atoms. The summed E-state index contributed by atoms with van der Waals surface area (Å²) in [5.41, 5.74) is 10.9. The van der Waals surface area contributed by atoms with E-state index in [0.29, 0.717) is 5.57 Å². The Kier molecular flexibility index (Phi) is 11.4. The average molecular weight is 539 g/mol. The zero-order valence-corrected chi connectivity index (χ0v) is 25.4. The highest BCUT2D eigenvalue weighted by atomic mass is 16.4. The van der Waals surface area contributed by atoms with Crippen LogP contribution in [-0.4, -0.2) is 17.6 Å². The molecule has 1 aliphatic rings. The minimum Gasteiger partial charge on any atom is -0.477 e. The number of allylic oxidation sites excluding steroid dienone is 5. The largest absolute Gasteiger partial charge is 0.477 e. The Bertz CT molecular complexity index is 1340. The third kappa shape index (κ3) is 7.54. The molecule has 0 saturated heterocycles. The van der Waals surface area contributed by atoms with Crippen LogP contribution in [0.4, 0.5) is 11.4 Å². The van der Waals surface area contributed by atoms with Gasteiger partial charge in [-0.05, 0) is 129 Å². The number of aryl methyl sites for hydroxylation is 2. The summed E-state index contributed by atoms with van der Waals surface area (Å²) < 4.78 is 0. The molecule has 4 heteroatoms. The molecule has 0 amide bonds. The van der Waals surface area contributed by atoms with Crippen LogP contribution in [0, 0.1) is 11.3 Å². The van der Waals surface area contributed by atoms with Crippen molar-refractivity contribution in [3.63, 3.8) is 0 Å². The Hall–Kier alpha value is -3.58. The number of hydrogen-bond acceptors (Lipinski definition) is 3. The maximum atomic E-state index is 11.5. The number of rotatable bonds is 12. The molecule has 0 bridgehead atoms. The molecule has 0 unspecified atom stereocenters. The number of hydrogen-bond donors (Lipinski definition) is 1. The predicted molar refractivity (Wildman–Crippen MR) is 168 cm³/mol. The van der Waals surface area contributed by atoms with Crippen molar-refractivity contribution in [1.82, 2.24) is 0 Å². The van der Waals surface area contributed by atoms with Gasteiger partial charge in [-0.3, -0.25) is 0 Å². The minimum atomic E-state index is -1.18. The number of carbonyl (C=O) groups is 1. The Morgan fingerprint density at radius 2 is 1.52 bits per heavy atom. The Morgan fingerprint density at radius 1 is 0.875 bits per heavy atom. The van der Waals surface area contributed by atoms with E-state index in [0.717, 1.165) is 48.1 Å². The second kappa shape index (κ2) is 14.7. The van der Waals surface area contributed by atoms with Crippen LogP contribution < -0.4 is 4.90 Å². The molecule has 0 saturated carbocycles. The van der Waals surface area contributed by atoms with Gasteiger partial charge in [-0.25, -0.2) is 4.79 Å². The lowest BCUT2D eigenvalue weighted by Crippen LogP contribution is -2.24. The van der Waals surface area contributed by atoms with Gasteiger partial charge >= 0.3 is 5.97 Å². The van der Waals surface area contributed by atoms with Gasteiger partial charge < -0.3 is 10.0 Å². The number of fused-ring (bicyclic) bond motifs is 1. The molecule has 3 rings (SSSR count). The van der Waals surface area contributed by atoms with Gasteiger partial charge in [0.1, 0.15) is 11.6 Å². The fraction of sp³-hybridized carbons (Fsp3) is 0.444. The van der Waals surface area contributed by atoms with Crippen LogP contribution in [0.3, 0.4) is 0 Å². The highest BCUT2D eigenvalue weighted by Gasteiger charge is 2.20. The summed E-state index contributed by atoms with van der Waals surface area (Å²) in [6, 6.07) is 17.8. The highest BCUT2D eigenvalue weighted by Crippen LogP contribution is 2.36. The van der Waals surface area contributed by atoms with Crippen LogP contribution in [-0.2, 0) is 17.6 Å². The lowest BCUT2D eigenvalue weighted by molar-refractivity contribution is -0.132. The van der Waals surface area contributed by atoms with Crippen LogP contribution in [0.2, 0.25) is 0 Å². The van der Waals surface area contributed by atoms with Crippen molar-refractivity contribution in [1.29, 1.82) is 5.26 Å². The monoisotopic (exact) mass is 538 g/mol. The van der Waals surface area contributed by atoms with E-state index < -0.39 is 5.97 Å². The summed E-state index contributed by atoms with van der Waals surface area (Å²) in [5, 5.41) is 18.7. The van der Waals surface area contributed by atoms with E-state index in [1.807, 2.05) is 19.9 Å². The SMILES string of the molecule is CCCCCCCCc1ccc(N2CCCc3cc(C(C)=C(C)C(C)=C(C)C(C)=C(C#N)C(=O)O)ccc32)cc1. The molecule has 1 aliphatic heterocycles. The summed E-state index contributed by atoms with van der Waals surface area (Å²) in [7, 11) is 0. The van der Waals surface area contributed by atoms with Gasteiger partial charge in [0.2, 0.25) is 0 Å². The molecule has 0 spiro atoms. The molecule has 0 aromatic heterocycles. The van der Waals surface area contributed by atoms with Gasteiger partial charge in [-0.2, -0.15) is 5.26 Å². The standard InChI is InChI=1S/C36H46N2O2/c1-7-8-9-10-11-12-14-30-16-19-33(20-17-30)38-22-13-15-32-23-31(18-21-35(32)38)28(5)26(3)25(2)27(4)29(6)34(24-37)36(39)40/h16-21,23H,7-15,22H2,1-6H3,(H,39,40). The third-order valence-corrected chi connectivity index (χ3v) is 8.65. The number of nitrogens with zero attached hydrogens (tertiary/aromatic N) is 2. The van der Waals surface area contributed by atoms with Crippen molar-refractivity contribution in [3.05, 3.63) is 87.0 Å². The molecule has 1 N–H and O–H groups in total. The van der Waals surface area contributed by atoms with E-state index in [2.05, 4.69) is 68.1 Å². The third-order valence-electron chi connectivity index (χ3n) is 8.65. The number of carboxylic acid groups (broad SMARTS) is 1. The molecule has 0 atom stereocenters. The normalized spacial score (nSPS) is 15.0. The smallest absolute Gasteiger partial charge is 0.346 e. The van der Waals surface area contributed by atoms with Gasteiger partial charge in [0.05, 0.1) is 0 Å². The minimum absolute atomic E-state index is 0.202. The van der Waals surface area contributed by atoms with E-state index in [9.17, 15) is 15.2 Å². The molecular weight excluding hydrogens is 492 g/mol. The fourth-order valence-electron chi connectivity index (χ4n) is 5.59. The number of nitriles is 1. The molecule has 2 aromatic carbocycles. The first-order valence-corrected chi connectivity index (χ1v) is 14.9. The lowest BCUT2D eigenvalue weighted by Gasteiger charge is -2.32. The second-order valence-electron chi connectivity index (χ2n) is 11.2. The quantitative estimate of drug-likeness (QED) is 0.126. The average Bonchev–Trinajstić information content (AvgIpc) is 2.97. The number of unbranched alkanes of at least 4 members (excludes halogenated alkanes) is 5. The van der Waals surface area contributed by atoms with Crippen LogP contribution in [0.1, 0.15) is 103 Å². The van der Waals surface area contributed by atoms with Crippen molar-refractivity contribution in [2.45, 2.75) is 99.3 Å². The predicted octanol–water partition coefficient (Wildman–Crippen LogP) is 9.73. The van der Waals surface area contributed by atoms with Crippen LogP contribution in [0.15, 0.2) is 70.3 Å². The van der Waals surface area contributed by atoms with Crippen LogP contribution >= 0.6 is 0 Å². The van der Waals surface area contributed by atoms with Gasteiger partial charge in [-0.1, -0.05) is 57.2 Å². The van der Waals surface area contributed by atoms with Gasteiger partial charge in [0.15, 0.2) is 0 Å². The van der Waals surface area contributed by atoms with Crippen molar-refractivity contribution in [2.75, 3.05) is 11.4 Å². The van der Waals surface area contributed by atoms with Crippen molar-refractivity contribution in [2.24, 2.45) is 0 Å². The zero-order valence-electron chi connectivity index (χ0n) is 25.4. The van der Waals surface area contributed by atoms with E-state index in [1.165, 1.54) is 66.6 Å². The Morgan fingerprint density at radius 3 is 2.17 bits per heavy atom.